The molecule has 20 heavy (non-hydrogen) atoms. The van der Waals surface area contributed by atoms with Crippen molar-refractivity contribution < 1.29 is 9.16 Å². The van der Waals surface area contributed by atoms with Gasteiger partial charge in [0.15, 0.2) is 0 Å². The fraction of sp³-hybridized carbons (Fsp3) is 0.294. The van der Waals surface area contributed by atoms with Gasteiger partial charge >= 0.3 is 0 Å². The molecule has 2 aromatic rings. The molecule has 1 heterocycles. The summed E-state index contributed by atoms with van der Waals surface area (Å²) in [6, 6.07) is 8.76. The number of aryl methyl sites for hydroxylation is 4. The van der Waals surface area contributed by atoms with Crippen molar-refractivity contribution in [3.63, 3.8) is 0 Å². The normalized spacial score (nSPS) is 13.7. The van der Waals surface area contributed by atoms with Gasteiger partial charge in [-0.2, -0.15) is 0 Å². The number of hydrogen-bond acceptors (Lipinski definition) is 2. The predicted octanol–water partition coefficient (Wildman–Crippen LogP) is 2.51. The second-order valence-electron chi connectivity index (χ2n) is 5.67. The molecule has 0 bridgehead atoms. The minimum atomic E-state index is -1.62. The van der Waals surface area contributed by atoms with Crippen LogP contribution in [0.5, 0.6) is 11.5 Å². The first-order valence-corrected chi connectivity index (χ1v) is 8.57. The fourth-order valence-electron chi connectivity index (χ4n) is 2.75. The number of hydrogen-bond donors (Lipinski definition) is 0. The molecule has 0 N–H and O–H groups in total. The van der Waals surface area contributed by atoms with Crippen molar-refractivity contribution in [3.05, 3.63) is 46.5 Å². The molecule has 3 heteroatoms. The van der Waals surface area contributed by atoms with Crippen molar-refractivity contribution in [1.29, 1.82) is 0 Å². The van der Waals surface area contributed by atoms with E-state index in [1.54, 1.807) is 0 Å². The van der Waals surface area contributed by atoms with E-state index in [1.807, 2.05) is 7.11 Å². The Morgan fingerprint density at radius 1 is 0.750 bits per heavy atom. The first kappa shape index (κ1) is 13.4. The number of fused-ring (bicyclic) bond motifs is 2. The van der Waals surface area contributed by atoms with Gasteiger partial charge in [0.25, 0.3) is 0 Å². The zero-order chi connectivity index (χ0) is 14.4. The van der Waals surface area contributed by atoms with Crippen LogP contribution in [0.15, 0.2) is 24.3 Å². The van der Waals surface area contributed by atoms with E-state index in [2.05, 4.69) is 52.0 Å². The van der Waals surface area contributed by atoms with Gasteiger partial charge in [-0.05, 0) is 62.1 Å². The van der Waals surface area contributed by atoms with Crippen LogP contribution in [0.2, 0.25) is 0 Å². The Kier molecular flexibility index (Phi) is 3.19. The molecule has 0 saturated carbocycles. The van der Waals surface area contributed by atoms with Crippen molar-refractivity contribution in [2.45, 2.75) is 27.7 Å². The van der Waals surface area contributed by atoms with Gasteiger partial charge < -0.3 is 9.16 Å². The second kappa shape index (κ2) is 4.76. The van der Waals surface area contributed by atoms with E-state index in [0.29, 0.717) is 0 Å². The van der Waals surface area contributed by atoms with Crippen LogP contribution < -0.4 is 15.1 Å². The molecular weight excluding hydrogens is 264 g/mol. The van der Waals surface area contributed by atoms with Crippen LogP contribution in [0.1, 0.15) is 22.3 Å². The van der Waals surface area contributed by atoms with Crippen LogP contribution in [0.4, 0.5) is 0 Å². The molecule has 1 aliphatic heterocycles. The summed E-state index contributed by atoms with van der Waals surface area (Å²) >= 11 is 0. The Morgan fingerprint density at radius 2 is 1.15 bits per heavy atom. The highest BCUT2D eigenvalue weighted by Crippen LogP contribution is 2.28. The topological polar surface area (TPSA) is 18.5 Å². The summed E-state index contributed by atoms with van der Waals surface area (Å²) in [5.74, 6) is 1.95. The fourth-order valence-corrected chi connectivity index (χ4v) is 5.20. The third kappa shape index (κ3) is 1.98. The SMILES string of the molecule is CO[SiH]1c2cc(C)c(C)cc2Oc2cc(C)c(C)cc21. The van der Waals surface area contributed by atoms with Crippen LogP contribution in [0.3, 0.4) is 0 Å². The number of rotatable bonds is 1. The van der Waals surface area contributed by atoms with E-state index in [4.69, 9.17) is 9.16 Å². The highest BCUT2D eigenvalue weighted by molar-refractivity contribution is 6.82. The molecule has 0 aliphatic carbocycles. The van der Waals surface area contributed by atoms with E-state index in [9.17, 15) is 0 Å². The summed E-state index contributed by atoms with van der Waals surface area (Å²) in [4.78, 5) is 0. The smallest absolute Gasteiger partial charge is 0.246 e. The zero-order valence-corrected chi connectivity index (χ0v) is 13.9. The number of benzene rings is 2. The lowest BCUT2D eigenvalue weighted by atomic mass is 10.1. The molecule has 0 amide bonds. The van der Waals surface area contributed by atoms with E-state index >= 15 is 0 Å². The molecule has 0 atom stereocenters. The van der Waals surface area contributed by atoms with Gasteiger partial charge in [-0.1, -0.05) is 12.1 Å². The molecule has 0 saturated heterocycles. The van der Waals surface area contributed by atoms with Crippen LogP contribution in [-0.4, -0.2) is 16.2 Å². The van der Waals surface area contributed by atoms with E-state index in [-0.39, 0.29) is 0 Å². The molecule has 1 aliphatic rings. The Labute approximate surface area is 122 Å². The lowest BCUT2D eigenvalue weighted by molar-refractivity contribution is 0.427. The molecule has 0 fully saturated rings. The van der Waals surface area contributed by atoms with Gasteiger partial charge in [0, 0.05) is 17.5 Å². The van der Waals surface area contributed by atoms with Crippen LogP contribution in [-0.2, 0) is 4.43 Å². The summed E-state index contributed by atoms with van der Waals surface area (Å²) in [5.41, 5.74) is 5.13. The Hall–Kier alpha value is -1.58. The Bertz CT molecular complexity index is 634. The highest BCUT2D eigenvalue weighted by atomic mass is 28.3. The van der Waals surface area contributed by atoms with Crippen LogP contribution in [0, 0.1) is 27.7 Å². The molecule has 104 valence electrons. The molecule has 0 spiro atoms. The minimum absolute atomic E-state index is 0.974. The molecule has 2 aromatic carbocycles. The van der Waals surface area contributed by atoms with Gasteiger partial charge in [0.05, 0.1) is 0 Å². The third-order valence-corrected chi connectivity index (χ3v) is 6.78. The minimum Gasteiger partial charge on any atom is -0.457 e. The van der Waals surface area contributed by atoms with Gasteiger partial charge in [0.2, 0.25) is 9.04 Å². The summed E-state index contributed by atoms with van der Waals surface area (Å²) in [6.07, 6.45) is 0. The molecule has 0 radical (unpaired) electrons. The predicted molar refractivity (Wildman–Crippen MR) is 85.3 cm³/mol. The average Bonchev–Trinajstić information content (AvgIpc) is 2.40. The Morgan fingerprint density at radius 3 is 1.55 bits per heavy atom. The van der Waals surface area contributed by atoms with Gasteiger partial charge in [0.1, 0.15) is 11.5 Å². The van der Waals surface area contributed by atoms with E-state index < -0.39 is 9.04 Å². The maximum Gasteiger partial charge on any atom is 0.246 e. The molecule has 3 rings (SSSR count). The lowest BCUT2D eigenvalue weighted by Gasteiger charge is -2.27. The third-order valence-electron chi connectivity index (χ3n) is 4.27. The monoisotopic (exact) mass is 284 g/mol. The van der Waals surface area contributed by atoms with Gasteiger partial charge in [-0.25, -0.2) is 0 Å². The van der Waals surface area contributed by atoms with E-state index in [0.717, 1.165) is 11.5 Å². The standard InChI is InChI=1S/C17H20O2Si/c1-10-6-14-16(8-12(10)3)20(18-5)17-9-13(4)11(2)7-15(17)19-14/h6-9,20H,1-5H3. The summed E-state index contributed by atoms with van der Waals surface area (Å²) in [5, 5.41) is 2.51. The molecule has 2 nitrogen and oxygen atoms in total. The molecular formula is C17H20O2Si. The van der Waals surface area contributed by atoms with Crippen molar-refractivity contribution >= 4 is 19.4 Å². The summed E-state index contributed by atoms with van der Waals surface area (Å²) in [7, 11) is 0.197. The highest BCUT2D eigenvalue weighted by Gasteiger charge is 2.30. The number of ether oxygens (including phenoxy) is 1. The zero-order valence-electron chi connectivity index (χ0n) is 12.7. The maximum absolute atomic E-state index is 6.14. The maximum atomic E-state index is 6.14. The summed E-state index contributed by atoms with van der Waals surface area (Å²) < 4.78 is 12.0. The second-order valence-corrected chi connectivity index (χ2v) is 8.14. The first-order valence-electron chi connectivity index (χ1n) is 6.94. The van der Waals surface area contributed by atoms with Gasteiger partial charge in [-0.3, -0.25) is 0 Å². The van der Waals surface area contributed by atoms with Crippen molar-refractivity contribution in [2.24, 2.45) is 0 Å². The lowest BCUT2D eigenvalue weighted by Crippen LogP contribution is -2.48. The van der Waals surface area contributed by atoms with E-state index in [1.165, 1.54) is 32.6 Å². The van der Waals surface area contributed by atoms with Crippen molar-refractivity contribution in [2.75, 3.05) is 7.11 Å². The quantitative estimate of drug-likeness (QED) is 0.749. The van der Waals surface area contributed by atoms with Crippen LogP contribution >= 0.6 is 0 Å². The van der Waals surface area contributed by atoms with Gasteiger partial charge in [-0.15, -0.1) is 0 Å². The van der Waals surface area contributed by atoms with Crippen LogP contribution in [0.25, 0.3) is 0 Å². The Balaban J connectivity index is 2.22. The molecule has 0 aromatic heterocycles. The first-order chi connectivity index (χ1) is 9.51. The van der Waals surface area contributed by atoms with Crippen molar-refractivity contribution in [3.8, 4) is 11.5 Å². The van der Waals surface area contributed by atoms with Crippen molar-refractivity contribution in [1.82, 2.24) is 0 Å². The largest absolute Gasteiger partial charge is 0.457 e. The average molecular weight is 284 g/mol. The summed E-state index contributed by atoms with van der Waals surface area (Å²) in [6.45, 7) is 8.54. The molecule has 0 unspecified atom stereocenters.